The Bertz CT molecular complexity index is 734. The highest BCUT2D eigenvalue weighted by Crippen LogP contribution is 2.22. The summed E-state index contributed by atoms with van der Waals surface area (Å²) in [5.74, 6) is -0.396. The molecule has 1 atom stereocenters. The molecule has 3 aromatic rings. The van der Waals surface area contributed by atoms with E-state index in [9.17, 15) is 9.50 Å². The van der Waals surface area contributed by atoms with Crippen LogP contribution in [-0.4, -0.2) is 14.9 Å². The van der Waals surface area contributed by atoms with Crippen molar-refractivity contribution in [3.63, 3.8) is 0 Å². The van der Waals surface area contributed by atoms with Gasteiger partial charge in [0.25, 0.3) is 0 Å². The van der Waals surface area contributed by atoms with E-state index in [1.54, 1.807) is 29.9 Å². The van der Waals surface area contributed by atoms with Crippen molar-refractivity contribution in [2.75, 3.05) is 0 Å². The van der Waals surface area contributed by atoms with Crippen molar-refractivity contribution < 1.29 is 9.50 Å². The van der Waals surface area contributed by atoms with Crippen LogP contribution in [0.4, 0.5) is 4.39 Å². The summed E-state index contributed by atoms with van der Waals surface area (Å²) in [6.07, 6.45) is 1.02. The van der Waals surface area contributed by atoms with Crippen molar-refractivity contribution in [3.05, 3.63) is 60.0 Å². The van der Waals surface area contributed by atoms with Gasteiger partial charge in [-0.3, -0.25) is 0 Å². The second-order valence-corrected chi connectivity index (χ2v) is 4.50. The maximum Gasteiger partial charge on any atom is 0.149 e. The topological polar surface area (TPSA) is 38.0 Å². The molecule has 0 unspecified atom stereocenters. The number of para-hydroxylation sites is 1. The highest BCUT2D eigenvalue weighted by molar-refractivity contribution is 5.80. The van der Waals surface area contributed by atoms with Gasteiger partial charge in [0, 0.05) is 5.39 Å². The number of hydrogen-bond acceptors (Lipinski definition) is 2. The Balaban J connectivity index is 2.17. The van der Waals surface area contributed by atoms with E-state index in [1.165, 1.54) is 6.07 Å². The van der Waals surface area contributed by atoms with Gasteiger partial charge < -0.3 is 5.11 Å². The summed E-state index contributed by atoms with van der Waals surface area (Å²) in [4.78, 5) is 0. The quantitative estimate of drug-likeness (QED) is 0.764. The zero-order valence-corrected chi connectivity index (χ0v) is 10.4. The number of fused-ring (bicyclic) bond motifs is 1. The number of benzene rings is 2. The van der Waals surface area contributed by atoms with E-state index in [-0.39, 0.29) is 0 Å². The number of aromatic nitrogens is 2. The zero-order chi connectivity index (χ0) is 13.4. The van der Waals surface area contributed by atoms with Crippen LogP contribution < -0.4 is 0 Å². The van der Waals surface area contributed by atoms with E-state index < -0.39 is 11.9 Å². The molecule has 4 heteroatoms. The molecule has 2 aromatic carbocycles. The molecule has 0 saturated heterocycles. The SMILES string of the molecule is C[C@@H](O)c1ccc(-n2ncc3ccccc32)c(F)c1. The fourth-order valence-electron chi connectivity index (χ4n) is 2.12. The van der Waals surface area contributed by atoms with Gasteiger partial charge in [-0.05, 0) is 30.7 Å². The molecule has 0 aliphatic carbocycles. The van der Waals surface area contributed by atoms with E-state index in [0.29, 0.717) is 11.3 Å². The molecule has 0 aliphatic heterocycles. The molecule has 0 saturated carbocycles. The molecule has 0 fully saturated rings. The van der Waals surface area contributed by atoms with Gasteiger partial charge in [-0.25, -0.2) is 9.07 Å². The molecule has 96 valence electrons. The summed E-state index contributed by atoms with van der Waals surface area (Å²) < 4.78 is 15.7. The minimum atomic E-state index is -0.682. The average molecular weight is 256 g/mol. The summed E-state index contributed by atoms with van der Waals surface area (Å²) in [6, 6.07) is 12.3. The first-order chi connectivity index (χ1) is 9.16. The highest BCUT2D eigenvalue weighted by atomic mass is 19.1. The first kappa shape index (κ1) is 11.9. The van der Waals surface area contributed by atoms with Crippen LogP contribution in [-0.2, 0) is 0 Å². The van der Waals surface area contributed by atoms with Gasteiger partial charge in [0.05, 0.1) is 17.8 Å². The molecule has 0 radical (unpaired) electrons. The Morgan fingerprint density at radius 2 is 2.00 bits per heavy atom. The minimum absolute atomic E-state index is 0.380. The van der Waals surface area contributed by atoms with Crippen molar-refractivity contribution in [1.82, 2.24) is 9.78 Å². The Morgan fingerprint density at radius 3 is 2.74 bits per heavy atom. The van der Waals surface area contributed by atoms with Crippen LogP contribution >= 0.6 is 0 Å². The van der Waals surface area contributed by atoms with E-state index in [2.05, 4.69) is 5.10 Å². The van der Waals surface area contributed by atoms with Gasteiger partial charge in [-0.1, -0.05) is 24.3 Å². The van der Waals surface area contributed by atoms with Crippen molar-refractivity contribution in [2.24, 2.45) is 0 Å². The summed E-state index contributed by atoms with van der Waals surface area (Å²) in [5, 5.41) is 14.6. The predicted octanol–water partition coefficient (Wildman–Crippen LogP) is 3.22. The lowest BCUT2D eigenvalue weighted by Crippen LogP contribution is -2.01. The second-order valence-electron chi connectivity index (χ2n) is 4.50. The number of rotatable bonds is 2. The van der Waals surface area contributed by atoms with E-state index >= 15 is 0 Å². The van der Waals surface area contributed by atoms with E-state index in [4.69, 9.17) is 0 Å². The smallest absolute Gasteiger partial charge is 0.149 e. The largest absolute Gasteiger partial charge is 0.389 e. The molecular formula is C15H13FN2O. The summed E-state index contributed by atoms with van der Waals surface area (Å²) >= 11 is 0. The van der Waals surface area contributed by atoms with Crippen LogP contribution in [0.25, 0.3) is 16.6 Å². The third-order valence-corrected chi connectivity index (χ3v) is 3.16. The van der Waals surface area contributed by atoms with Crippen molar-refractivity contribution >= 4 is 10.9 Å². The van der Waals surface area contributed by atoms with Gasteiger partial charge in [0.2, 0.25) is 0 Å². The maximum atomic E-state index is 14.1. The number of aliphatic hydroxyl groups excluding tert-OH is 1. The van der Waals surface area contributed by atoms with Crippen LogP contribution in [0.3, 0.4) is 0 Å². The van der Waals surface area contributed by atoms with Gasteiger partial charge >= 0.3 is 0 Å². The Morgan fingerprint density at radius 1 is 1.21 bits per heavy atom. The Kier molecular flexibility index (Phi) is 2.80. The molecule has 1 heterocycles. The number of nitrogens with zero attached hydrogens (tertiary/aromatic N) is 2. The molecule has 1 N–H and O–H groups in total. The third kappa shape index (κ3) is 2.00. The molecule has 3 rings (SSSR count). The van der Waals surface area contributed by atoms with Crippen LogP contribution in [0, 0.1) is 5.82 Å². The lowest BCUT2D eigenvalue weighted by atomic mass is 10.1. The minimum Gasteiger partial charge on any atom is -0.389 e. The van der Waals surface area contributed by atoms with Gasteiger partial charge in [-0.15, -0.1) is 0 Å². The van der Waals surface area contributed by atoms with Crippen LogP contribution in [0.1, 0.15) is 18.6 Å². The maximum absolute atomic E-state index is 14.1. The lowest BCUT2D eigenvalue weighted by molar-refractivity contribution is 0.199. The van der Waals surface area contributed by atoms with Crippen LogP contribution in [0.2, 0.25) is 0 Å². The monoisotopic (exact) mass is 256 g/mol. The molecule has 0 bridgehead atoms. The summed E-state index contributed by atoms with van der Waals surface area (Å²) in [5.41, 5.74) is 1.79. The van der Waals surface area contributed by atoms with Gasteiger partial charge in [-0.2, -0.15) is 5.10 Å². The average Bonchev–Trinajstić information content (AvgIpc) is 2.82. The van der Waals surface area contributed by atoms with Crippen molar-refractivity contribution in [3.8, 4) is 5.69 Å². The highest BCUT2D eigenvalue weighted by Gasteiger charge is 2.11. The fraction of sp³-hybridized carbons (Fsp3) is 0.133. The first-order valence-corrected chi connectivity index (χ1v) is 6.07. The normalized spacial score (nSPS) is 12.8. The van der Waals surface area contributed by atoms with E-state index in [1.807, 2.05) is 24.3 Å². The molecule has 0 aliphatic rings. The molecule has 0 spiro atoms. The number of halogens is 1. The lowest BCUT2D eigenvalue weighted by Gasteiger charge is -2.09. The standard InChI is InChI=1S/C15H13FN2O/c1-10(19)11-6-7-15(13(16)8-11)18-14-5-3-2-4-12(14)9-17-18/h2-10,19H,1H3/t10-/m1/s1. The Labute approximate surface area is 109 Å². The molecule has 0 amide bonds. The van der Waals surface area contributed by atoms with Gasteiger partial charge in [0.15, 0.2) is 0 Å². The second kappa shape index (κ2) is 4.48. The van der Waals surface area contributed by atoms with Gasteiger partial charge in [0.1, 0.15) is 11.5 Å². The zero-order valence-electron chi connectivity index (χ0n) is 10.4. The first-order valence-electron chi connectivity index (χ1n) is 6.07. The number of aliphatic hydroxyl groups is 1. The summed E-state index contributed by atoms with van der Waals surface area (Å²) in [6.45, 7) is 1.61. The van der Waals surface area contributed by atoms with Crippen molar-refractivity contribution in [2.45, 2.75) is 13.0 Å². The Hall–Kier alpha value is -2.20. The van der Waals surface area contributed by atoms with Crippen LogP contribution in [0.5, 0.6) is 0 Å². The predicted molar refractivity (Wildman–Crippen MR) is 71.7 cm³/mol. The fourth-order valence-corrected chi connectivity index (χ4v) is 2.12. The van der Waals surface area contributed by atoms with Crippen molar-refractivity contribution in [1.29, 1.82) is 0 Å². The van der Waals surface area contributed by atoms with Crippen LogP contribution in [0.15, 0.2) is 48.7 Å². The number of hydrogen-bond donors (Lipinski definition) is 1. The molecular weight excluding hydrogens is 243 g/mol. The molecule has 3 nitrogen and oxygen atoms in total. The summed E-state index contributed by atoms with van der Waals surface area (Å²) in [7, 11) is 0. The molecule has 1 aromatic heterocycles. The third-order valence-electron chi connectivity index (χ3n) is 3.16. The molecule has 19 heavy (non-hydrogen) atoms. The van der Waals surface area contributed by atoms with E-state index in [0.717, 1.165) is 10.9 Å².